The van der Waals surface area contributed by atoms with Crippen LogP contribution < -0.4 is 4.74 Å². The second kappa shape index (κ2) is 7.20. The minimum atomic E-state index is -3.48. The number of fused-ring (bicyclic) bond motifs is 1. The molecule has 1 aliphatic rings. The molecule has 1 aliphatic heterocycles. The van der Waals surface area contributed by atoms with Crippen LogP contribution in [-0.4, -0.2) is 41.8 Å². The van der Waals surface area contributed by atoms with Gasteiger partial charge in [-0.25, -0.2) is 8.42 Å². The summed E-state index contributed by atoms with van der Waals surface area (Å²) in [5, 5.41) is 4.47. The van der Waals surface area contributed by atoms with E-state index in [2.05, 4.69) is 5.10 Å². The van der Waals surface area contributed by atoms with E-state index in [-0.39, 0.29) is 16.6 Å². The summed E-state index contributed by atoms with van der Waals surface area (Å²) in [7, 11) is -0.136. The fraction of sp³-hybridized carbons (Fsp3) is 0.200. The summed E-state index contributed by atoms with van der Waals surface area (Å²) < 4.78 is 32.5. The Kier molecular flexibility index (Phi) is 4.84. The maximum Gasteiger partial charge on any atom is 0.257 e. The minimum absolute atomic E-state index is 0.184. The number of amides is 1. The molecule has 0 aliphatic carbocycles. The van der Waals surface area contributed by atoms with Crippen molar-refractivity contribution in [2.75, 3.05) is 12.8 Å². The molecule has 7 nitrogen and oxygen atoms in total. The molecule has 0 bridgehead atoms. The lowest BCUT2D eigenvalue weighted by Crippen LogP contribution is -2.32. The zero-order chi connectivity index (χ0) is 20.8. The van der Waals surface area contributed by atoms with Crippen molar-refractivity contribution in [3.63, 3.8) is 0 Å². The second-order valence-electron chi connectivity index (χ2n) is 6.84. The number of aromatic nitrogens is 2. The van der Waals surface area contributed by atoms with Crippen LogP contribution in [0.5, 0.6) is 11.5 Å². The summed E-state index contributed by atoms with van der Waals surface area (Å²) in [6.45, 7) is 0. The van der Waals surface area contributed by atoms with Gasteiger partial charge in [-0.15, -0.1) is 0 Å². The number of sulfone groups is 1. The monoisotopic (exact) mass is 431 g/mol. The number of carbonyl (C=O) groups excluding carboxylic acids is 1. The van der Waals surface area contributed by atoms with Crippen LogP contribution in [0.25, 0.3) is 0 Å². The van der Waals surface area contributed by atoms with Crippen molar-refractivity contribution in [2.45, 2.75) is 10.9 Å². The van der Waals surface area contributed by atoms with Crippen LogP contribution in [-0.2, 0) is 16.9 Å². The molecule has 1 atom stereocenters. The average molecular weight is 432 g/mol. The maximum absolute atomic E-state index is 13.3. The SMILES string of the molecule is CN(C(=O)c1ccccc1Oc1cnn(C)c1)C1CS(=O)(=O)c2ccc(Cl)cc21. The lowest BCUT2D eigenvalue weighted by atomic mass is 10.1. The van der Waals surface area contributed by atoms with Crippen molar-refractivity contribution >= 4 is 27.3 Å². The average Bonchev–Trinajstić information content (AvgIpc) is 3.21. The Morgan fingerprint density at radius 2 is 2.03 bits per heavy atom. The van der Waals surface area contributed by atoms with Gasteiger partial charge in [-0.2, -0.15) is 5.10 Å². The second-order valence-corrected chi connectivity index (χ2v) is 9.28. The molecule has 2 aromatic carbocycles. The van der Waals surface area contributed by atoms with E-state index < -0.39 is 15.9 Å². The normalized spacial score (nSPS) is 17.0. The third kappa shape index (κ3) is 3.61. The van der Waals surface area contributed by atoms with Gasteiger partial charge in [-0.1, -0.05) is 23.7 Å². The third-order valence-electron chi connectivity index (χ3n) is 4.86. The van der Waals surface area contributed by atoms with Crippen molar-refractivity contribution in [1.82, 2.24) is 14.7 Å². The van der Waals surface area contributed by atoms with Gasteiger partial charge in [0.05, 0.1) is 34.6 Å². The largest absolute Gasteiger partial charge is 0.453 e. The number of hydrogen-bond donors (Lipinski definition) is 0. The molecule has 0 saturated heterocycles. The fourth-order valence-corrected chi connectivity index (χ4v) is 5.42. The van der Waals surface area contributed by atoms with Crippen LogP contribution in [0.4, 0.5) is 0 Å². The molecule has 150 valence electrons. The molecule has 0 spiro atoms. The predicted octanol–water partition coefficient (Wildman–Crippen LogP) is 3.47. The van der Waals surface area contributed by atoms with Crippen LogP contribution in [0.2, 0.25) is 5.02 Å². The molecule has 2 heterocycles. The van der Waals surface area contributed by atoms with Gasteiger partial charge in [-0.3, -0.25) is 9.48 Å². The molecule has 4 rings (SSSR count). The van der Waals surface area contributed by atoms with Crippen LogP contribution >= 0.6 is 11.6 Å². The third-order valence-corrected chi connectivity index (χ3v) is 6.89. The molecule has 1 unspecified atom stereocenters. The zero-order valence-electron chi connectivity index (χ0n) is 15.7. The molecule has 1 aromatic heterocycles. The predicted molar refractivity (Wildman–Crippen MR) is 108 cm³/mol. The summed E-state index contributed by atoms with van der Waals surface area (Å²) in [4.78, 5) is 14.9. The number of aryl methyl sites for hydroxylation is 1. The number of ether oxygens (including phenoxy) is 1. The summed E-state index contributed by atoms with van der Waals surface area (Å²) in [5.74, 6) is 0.328. The number of hydrogen-bond acceptors (Lipinski definition) is 5. The lowest BCUT2D eigenvalue weighted by molar-refractivity contribution is 0.0743. The van der Waals surface area contributed by atoms with E-state index in [1.54, 1.807) is 67.6 Å². The number of carbonyl (C=O) groups is 1. The highest BCUT2D eigenvalue weighted by molar-refractivity contribution is 7.91. The fourth-order valence-electron chi connectivity index (χ4n) is 3.41. The molecule has 9 heteroatoms. The maximum atomic E-state index is 13.3. The van der Waals surface area contributed by atoms with E-state index in [1.807, 2.05) is 0 Å². The Morgan fingerprint density at radius 1 is 1.28 bits per heavy atom. The van der Waals surface area contributed by atoms with Gasteiger partial charge >= 0.3 is 0 Å². The first kappa shape index (κ1) is 19.5. The van der Waals surface area contributed by atoms with Gasteiger partial charge in [0.2, 0.25) is 0 Å². The van der Waals surface area contributed by atoms with E-state index in [0.717, 1.165) is 0 Å². The Hall–Kier alpha value is -2.84. The quantitative estimate of drug-likeness (QED) is 0.631. The topological polar surface area (TPSA) is 81.5 Å². The standard InChI is InChI=1S/C20H18ClN3O4S/c1-23-11-14(10-22-23)28-18-6-4-3-5-15(18)20(25)24(2)17-12-29(26,27)19-8-7-13(21)9-16(17)19/h3-11,17H,12H2,1-2H3. The van der Waals surface area contributed by atoms with E-state index in [1.165, 1.54) is 11.0 Å². The van der Waals surface area contributed by atoms with Crippen LogP contribution in [0.15, 0.2) is 59.8 Å². The number of rotatable bonds is 4. The highest BCUT2D eigenvalue weighted by atomic mass is 35.5. The molecule has 29 heavy (non-hydrogen) atoms. The Labute approximate surface area is 173 Å². The summed E-state index contributed by atoms with van der Waals surface area (Å²) in [6.07, 6.45) is 3.24. The first-order valence-corrected chi connectivity index (χ1v) is 10.8. The molecule has 0 fully saturated rings. The molecule has 1 amide bonds. The van der Waals surface area contributed by atoms with Gasteiger partial charge < -0.3 is 9.64 Å². The molecule has 0 radical (unpaired) electrons. The number of nitrogens with zero attached hydrogens (tertiary/aromatic N) is 3. The van der Waals surface area contributed by atoms with Crippen molar-refractivity contribution < 1.29 is 17.9 Å². The molecular formula is C20H18ClN3O4S. The van der Waals surface area contributed by atoms with E-state index in [0.29, 0.717) is 27.6 Å². The smallest absolute Gasteiger partial charge is 0.257 e. The molecule has 0 saturated carbocycles. The van der Waals surface area contributed by atoms with Crippen molar-refractivity contribution in [2.24, 2.45) is 7.05 Å². The van der Waals surface area contributed by atoms with Crippen LogP contribution in [0, 0.1) is 0 Å². The summed E-state index contributed by atoms with van der Waals surface area (Å²) in [6, 6.07) is 10.8. The Morgan fingerprint density at radius 3 is 2.76 bits per heavy atom. The van der Waals surface area contributed by atoms with Crippen LogP contribution in [0.1, 0.15) is 22.0 Å². The van der Waals surface area contributed by atoms with Gasteiger partial charge in [0.1, 0.15) is 5.75 Å². The highest BCUT2D eigenvalue weighted by Crippen LogP contribution is 2.39. The number of halogens is 1. The molecule has 0 N–H and O–H groups in total. The van der Waals surface area contributed by atoms with Gasteiger partial charge in [0.25, 0.3) is 5.91 Å². The Bertz CT molecular complexity index is 1210. The van der Waals surface area contributed by atoms with Gasteiger partial charge in [0.15, 0.2) is 15.6 Å². The minimum Gasteiger partial charge on any atom is -0.453 e. The van der Waals surface area contributed by atoms with Crippen molar-refractivity contribution in [1.29, 1.82) is 0 Å². The summed E-state index contributed by atoms with van der Waals surface area (Å²) in [5.41, 5.74) is 0.853. The van der Waals surface area contributed by atoms with Gasteiger partial charge in [-0.05, 0) is 35.9 Å². The lowest BCUT2D eigenvalue weighted by Gasteiger charge is -2.25. The molecule has 3 aromatic rings. The van der Waals surface area contributed by atoms with E-state index >= 15 is 0 Å². The van der Waals surface area contributed by atoms with E-state index in [9.17, 15) is 13.2 Å². The zero-order valence-corrected chi connectivity index (χ0v) is 17.3. The van der Waals surface area contributed by atoms with Crippen LogP contribution in [0.3, 0.4) is 0 Å². The summed E-state index contributed by atoms with van der Waals surface area (Å²) >= 11 is 6.07. The number of benzene rings is 2. The number of para-hydroxylation sites is 1. The van der Waals surface area contributed by atoms with E-state index in [4.69, 9.17) is 16.3 Å². The highest BCUT2D eigenvalue weighted by Gasteiger charge is 2.39. The van der Waals surface area contributed by atoms with Gasteiger partial charge in [0, 0.05) is 19.1 Å². The van der Waals surface area contributed by atoms with Crippen molar-refractivity contribution in [3.8, 4) is 11.5 Å². The van der Waals surface area contributed by atoms with Crippen molar-refractivity contribution in [3.05, 3.63) is 71.0 Å². The first-order chi connectivity index (χ1) is 13.8. The Balaban J connectivity index is 1.67. The molecular weight excluding hydrogens is 414 g/mol. The first-order valence-electron chi connectivity index (χ1n) is 8.81.